The highest BCUT2D eigenvalue weighted by atomic mass is 32.2. The van der Waals surface area contributed by atoms with Crippen LogP contribution in [0.5, 0.6) is 0 Å². The van der Waals surface area contributed by atoms with Crippen LogP contribution in [0.3, 0.4) is 0 Å². The molecule has 0 aliphatic carbocycles. The van der Waals surface area contributed by atoms with Crippen LogP contribution in [0.2, 0.25) is 0 Å². The number of benzene rings is 2. The van der Waals surface area contributed by atoms with E-state index >= 15 is 0 Å². The molecule has 1 heterocycles. The summed E-state index contributed by atoms with van der Waals surface area (Å²) in [6.45, 7) is 3.58. The highest BCUT2D eigenvalue weighted by molar-refractivity contribution is 7.89. The van der Waals surface area contributed by atoms with E-state index in [0.29, 0.717) is 22.5 Å². The summed E-state index contributed by atoms with van der Waals surface area (Å²) in [6.07, 6.45) is 3.01. The zero-order valence-electron chi connectivity index (χ0n) is 17.8. The van der Waals surface area contributed by atoms with Gasteiger partial charge in [0.1, 0.15) is 0 Å². The lowest BCUT2D eigenvalue weighted by atomic mass is 10.2. The first-order valence-electron chi connectivity index (χ1n) is 9.93. The van der Waals surface area contributed by atoms with Gasteiger partial charge in [-0.25, -0.2) is 13.1 Å². The first-order chi connectivity index (χ1) is 15.2. The van der Waals surface area contributed by atoms with Gasteiger partial charge in [0.25, 0.3) is 5.91 Å². The van der Waals surface area contributed by atoms with Crippen molar-refractivity contribution in [3.8, 4) is 0 Å². The fourth-order valence-electron chi connectivity index (χ4n) is 3.08. The van der Waals surface area contributed by atoms with Crippen molar-refractivity contribution in [3.05, 3.63) is 83.7 Å². The number of anilines is 2. The third kappa shape index (κ3) is 6.22. The Morgan fingerprint density at radius 1 is 0.906 bits per heavy atom. The summed E-state index contributed by atoms with van der Waals surface area (Å²) in [5.74, 6) is -0.650. The van der Waals surface area contributed by atoms with Crippen LogP contribution in [0, 0.1) is 13.8 Å². The van der Waals surface area contributed by atoms with Crippen LogP contribution in [0.25, 0.3) is 0 Å². The first-order valence-corrected chi connectivity index (χ1v) is 11.4. The van der Waals surface area contributed by atoms with Crippen molar-refractivity contribution in [1.29, 1.82) is 0 Å². The number of aryl methyl sites for hydroxylation is 2. The molecule has 1 aromatic heterocycles. The van der Waals surface area contributed by atoms with Gasteiger partial charge in [0.05, 0.1) is 4.90 Å². The topological polar surface area (TPSA) is 117 Å². The SMILES string of the molecule is Cc1ccc(S(=O)(=O)NCCC(=O)Nc2cccc(NC(=O)c3ccncc3)c2)c(C)c1. The van der Waals surface area contributed by atoms with E-state index in [-0.39, 0.29) is 29.7 Å². The highest BCUT2D eigenvalue weighted by Crippen LogP contribution is 2.17. The summed E-state index contributed by atoms with van der Waals surface area (Å²) in [5.41, 5.74) is 3.08. The molecule has 3 aromatic rings. The molecule has 166 valence electrons. The molecule has 2 amide bonds. The Kier molecular flexibility index (Phi) is 7.34. The van der Waals surface area contributed by atoms with Crippen molar-refractivity contribution in [1.82, 2.24) is 9.71 Å². The summed E-state index contributed by atoms with van der Waals surface area (Å²) in [5, 5.41) is 5.46. The van der Waals surface area contributed by atoms with Crippen molar-refractivity contribution in [2.45, 2.75) is 25.2 Å². The molecular formula is C23H24N4O4S. The van der Waals surface area contributed by atoms with E-state index in [1.807, 2.05) is 6.92 Å². The Morgan fingerprint density at radius 2 is 1.59 bits per heavy atom. The molecule has 32 heavy (non-hydrogen) atoms. The normalized spacial score (nSPS) is 11.1. The monoisotopic (exact) mass is 452 g/mol. The number of carbonyl (C=O) groups excluding carboxylic acids is 2. The predicted molar refractivity (Wildman–Crippen MR) is 123 cm³/mol. The average Bonchev–Trinajstić information content (AvgIpc) is 2.74. The lowest BCUT2D eigenvalue weighted by Gasteiger charge is -2.11. The molecule has 0 saturated carbocycles. The third-order valence-electron chi connectivity index (χ3n) is 4.61. The molecule has 0 radical (unpaired) electrons. The van der Waals surface area contributed by atoms with Gasteiger partial charge in [-0.3, -0.25) is 14.6 Å². The highest BCUT2D eigenvalue weighted by Gasteiger charge is 2.17. The molecule has 0 unspecified atom stereocenters. The smallest absolute Gasteiger partial charge is 0.255 e. The molecule has 0 aliphatic heterocycles. The number of carbonyl (C=O) groups is 2. The Bertz CT molecular complexity index is 1230. The van der Waals surface area contributed by atoms with Crippen LogP contribution in [-0.4, -0.2) is 31.8 Å². The first kappa shape index (κ1) is 23.1. The van der Waals surface area contributed by atoms with Crippen LogP contribution in [0.4, 0.5) is 11.4 Å². The minimum Gasteiger partial charge on any atom is -0.326 e. The second-order valence-electron chi connectivity index (χ2n) is 7.24. The number of hydrogen-bond donors (Lipinski definition) is 3. The minimum atomic E-state index is -3.70. The van der Waals surface area contributed by atoms with E-state index in [0.717, 1.165) is 5.56 Å². The number of sulfonamides is 1. The van der Waals surface area contributed by atoms with E-state index in [4.69, 9.17) is 0 Å². The molecule has 0 aliphatic rings. The average molecular weight is 453 g/mol. The lowest BCUT2D eigenvalue weighted by molar-refractivity contribution is -0.116. The van der Waals surface area contributed by atoms with Crippen LogP contribution in [0.1, 0.15) is 27.9 Å². The summed E-state index contributed by atoms with van der Waals surface area (Å²) in [6, 6.07) is 15.0. The molecule has 0 atom stereocenters. The summed E-state index contributed by atoms with van der Waals surface area (Å²) in [7, 11) is -3.70. The maximum absolute atomic E-state index is 12.5. The number of nitrogens with zero attached hydrogens (tertiary/aromatic N) is 1. The van der Waals surface area contributed by atoms with Crippen molar-refractivity contribution < 1.29 is 18.0 Å². The Balaban J connectivity index is 1.54. The Hall–Kier alpha value is -3.56. The molecule has 0 bridgehead atoms. The molecule has 2 aromatic carbocycles. The largest absolute Gasteiger partial charge is 0.326 e. The van der Waals surface area contributed by atoms with Crippen LogP contribution < -0.4 is 15.4 Å². The summed E-state index contributed by atoms with van der Waals surface area (Å²) < 4.78 is 27.4. The van der Waals surface area contributed by atoms with Gasteiger partial charge in [0.15, 0.2) is 0 Å². The van der Waals surface area contributed by atoms with Gasteiger partial charge < -0.3 is 10.6 Å². The minimum absolute atomic E-state index is 0.0417. The van der Waals surface area contributed by atoms with Gasteiger partial charge in [0, 0.05) is 42.3 Å². The van der Waals surface area contributed by atoms with Crippen LogP contribution in [-0.2, 0) is 14.8 Å². The van der Waals surface area contributed by atoms with Crippen molar-refractivity contribution in [3.63, 3.8) is 0 Å². The van der Waals surface area contributed by atoms with Crippen molar-refractivity contribution in [2.24, 2.45) is 0 Å². The third-order valence-corrected chi connectivity index (χ3v) is 6.23. The van der Waals surface area contributed by atoms with Gasteiger partial charge in [0.2, 0.25) is 15.9 Å². The Labute approximate surface area is 187 Å². The predicted octanol–water partition coefficient (Wildman–Crippen LogP) is 3.26. The molecule has 0 fully saturated rings. The zero-order valence-corrected chi connectivity index (χ0v) is 18.6. The molecule has 3 rings (SSSR count). The van der Waals surface area contributed by atoms with Gasteiger partial charge in [-0.1, -0.05) is 23.8 Å². The standard InChI is InChI=1S/C23H24N4O4S/c1-16-6-7-21(17(2)14-16)32(30,31)25-13-10-22(28)26-19-4-3-5-20(15-19)27-23(29)18-8-11-24-12-9-18/h3-9,11-12,14-15,25H,10,13H2,1-2H3,(H,26,28)(H,27,29). The van der Waals surface area contributed by atoms with E-state index in [1.54, 1.807) is 61.5 Å². The van der Waals surface area contributed by atoms with E-state index in [9.17, 15) is 18.0 Å². The molecular weight excluding hydrogens is 428 g/mol. The number of nitrogens with one attached hydrogen (secondary N) is 3. The van der Waals surface area contributed by atoms with Crippen molar-refractivity contribution in [2.75, 3.05) is 17.2 Å². The number of rotatable bonds is 8. The van der Waals surface area contributed by atoms with Gasteiger partial charge in [-0.2, -0.15) is 0 Å². The van der Waals surface area contributed by atoms with Gasteiger partial charge >= 0.3 is 0 Å². The fraction of sp³-hybridized carbons (Fsp3) is 0.174. The van der Waals surface area contributed by atoms with Gasteiger partial charge in [-0.15, -0.1) is 0 Å². The summed E-state index contributed by atoms with van der Waals surface area (Å²) >= 11 is 0. The second kappa shape index (κ2) is 10.2. The van der Waals surface area contributed by atoms with E-state index < -0.39 is 10.0 Å². The zero-order chi connectivity index (χ0) is 23.1. The maximum atomic E-state index is 12.5. The fourth-order valence-corrected chi connectivity index (χ4v) is 4.34. The number of hydrogen-bond acceptors (Lipinski definition) is 5. The van der Waals surface area contributed by atoms with E-state index in [1.165, 1.54) is 12.4 Å². The second-order valence-corrected chi connectivity index (χ2v) is 8.97. The molecule has 0 spiro atoms. The molecule has 3 N–H and O–H groups in total. The molecule has 8 nitrogen and oxygen atoms in total. The van der Waals surface area contributed by atoms with Crippen LogP contribution >= 0.6 is 0 Å². The van der Waals surface area contributed by atoms with Crippen LogP contribution in [0.15, 0.2) is 71.9 Å². The Morgan fingerprint density at radius 3 is 2.28 bits per heavy atom. The number of aromatic nitrogens is 1. The lowest BCUT2D eigenvalue weighted by Crippen LogP contribution is -2.28. The number of amides is 2. The molecule has 0 saturated heterocycles. The molecule has 9 heteroatoms. The van der Waals surface area contributed by atoms with Crippen molar-refractivity contribution >= 4 is 33.2 Å². The van der Waals surface area contributed by atoms with Gasteiger partial charge in [-0.05, 0) is 55.8 Å². The van der Waals surface area contributed by atoms with E-state index in [2.05, 4.69) is 20.3 Å². The quantitative estimate of drug-likeness (QED) is 0.485. The maximum Gasteiger partial charge on any atom is 0.255 e. The summed E-state index contributed by atoms with van der Waals surface area (Å²) in [4.78, 5) is 28.6. The number of pyridine rings is 1.